The molecule has 12 heteroatoms. The number of aryl methyl sites for hydroxylation is 2. The smallest absolute Gasteiger partial charge is 0.147 e. The third-order valence-corrected chi connectivity index (χ3v) is 11.1. The van der Waals surface area contributed by atoms with Crippen LogP contribution in [0.1, 0.15) is 83.2 Å². The minimum Gasteiger partial charge on any atom is -0.394 e. The zero-order valence-electron chi connectivity index (χ0n) is 30.0. The molecule has 11 nitrogen and oxygen atoms in total. The molecule has 6 heterocycles. The summed E-state index contributed by atoms with van der Waals surface area (Å²) < 4.78 is 0. The van der Waals surface area contributed by atoms with Crippen LogP contribution in [0.5, 0.6) is 0 Å². The van der Waals surface area contributed by atoms with Crippen molar-refractivity contribution in [3.8, 4) is 0 Å². The highest BCUT2D eigenvalue weighted by Gasteiger charge is 2.32. The Morgan fingerprint density at radius 2 is 1.27 bits per heavy atom. The van der Waals surface area contributed by atoms with Gasteiger partial charge in [-0.1, -0.05) is 41.9 Å². The van der Waals surface area contributed by atoms with Gasteiger partial charge in [0.25, 0.3) is 0 Å². The molecule has 51 heavy (non-hydrogen) atoms. The van der Waals surface area contributed by atoms with Gasteiger partial charge in [0.15, 0.2) is 0 Å². The molecular formula is C39H47ClN10O. The number of rotatable bonds is 5. The summed E-state index contributed by atoms with van der Waals surface area (Å²) in [5.41, 5.74) is 23.0. The number of aliphatic hydroxyl groups is 1. The molecule has 2 aromatic heterocycles. The predicted octanol–water partition coefficient (Wildman–Crippen LogP) is 4.84. The van der Waals surface area contributed by atoms with E-state index in [1.165, 1.54) is 11.1 Å². The maximum Gasteiger partial charge on any atom is 0.147 e. The fourth-order valence-corrected chi connectivity index (χ4v) is 7.46. The fraction of sp³-hybridized carbons (Fsp3) is 0.436. The molecule has 0 unspecified atom stereocenters. The minimum atomic E-state index is -0.474. The minimum absolute atomic E-state index is 0.0189. The molecular weight excluding hydrogens is 660 g/mol. The Kier molecular flexibility index (Phi) is 9.66. The maximum absolute atomic E-state index is 9.42. The summed E-state index contributed by atoms with van der Waals surface area (Å²) in [6, 6.07) is 12.2. The Morgan fingerprint density at radius 3 is 1.86 bits per heavy atom. The topological polar surface area (TPSA) is 155 Å². The number of fused-ring (bicyclic) bond motifs is 2. The van der Waals surface area contributed by atoms with Crippen molar-refractivity contribution in [1.82, 2.24) is 19.9 Å². The van der Waals surface area contributed by atoms with E-state index in [9.17, 15) is 5.11 Å². The molecule has 0 amide bonds. The number of aliphatic hydroxyl groups excluding tert-OH is 1. The zero-order chi connectivity index (χ0) is 35.9. The summed E-state index contributed by atoms with van der Waals surface area (Å²) in [5, 5.41) is 10.1. The van der Waals surface area contributed by atoms with Crippen LogP contribution < -0.4 is 21.3 Å². The first kappa shape index (κ1) is 35.1. The van der Waals surface area contributed by atoms with Crippen molar-refractivity contribution in [3.63, 3.8) is 0 Å². The van der Waals surface area contributed by atoms with Crippen LogP contribution in [0.2, 0.25) is 5.02 Å². The molecule has 2 saturated heterocycles. The number of benzene rings is 2. The first-order valence-corrected chi connectivity index (χ1v) is 18.2. The van der Waals surface area contributed by atoms with Gasteiger partial charge < -0.3 is 26.4 Å². The summed E-state index contributed by atoms with van der Waals surface area (Å²) in [6.07, 6.45) is 7.13. The standard InChI is InChI=1S/C20H25N5.C19H22ClN5O/c1-13-5-4-6-15(14(13)2)18-19-16(11-22-18)24-17(12-23-19)25-9-7-20(3,21)8-10-25;1-12-3-2-4-13(20)16(12)18-17-14(9-22-18)24-15(10-23-17)25-7-5-19(21,11-26)6-8-25/h4-6,12H,7-11,21H2,1-3H3;2-4,10,26H,5-9,11,21H2,1H3. The number of piperidine rings is 2. The lowest BCUT2D eigenvalue weighted by molar-refractivity contribution is 0.170. The van der Waals surface area contributed by atoms with E-state index < -0.39 is 5.54 Å². The highest BCUT2D eigenvalue weighted by molar-refractivity contribution is 6.35. The van der Waals surface area contributed by atoms with Crippen LogP contribution >= 0.6 is 11.6 Å². The van der Waals surface area contributed by atoms with Gasteiger partial charge in [0, 0.05) is 48.4 Å². The molecule has 0 radical (unpaired) electrons. The highest BCUT2D eigenvalue weighted by Crippen LogP contribution is 2.31. The summed E-state index contributed by atoms with van der Waals surface area (Å²) >= 11 is 6.40. The Bertz CT molecular complexity index is 1990. The number of anilines is 2. The Labute approximate surface area is 304 Å². The molecule has 8 rings (SSSR count). The van der Waals surface area contributed by atoms with Crippen molar-refractivity contribution in [2.75, 3.05) is 42.6 Å². The molecule has 0 bridgehead atoms. The molecule has 0 atom stereocenters. The van der Waals surface area contributed by atoms with Gasteiger partial charge in [-0.25, -0.2) is 19.9 Å². The number of halogens is 1. The van der Waals surface area contributed by atoms with Gasteiger partial charge in [-0.05, 0) is 76.1 Å². The lowest BCUT2D eigenvalue weighted by atomic mass is 9.90. The number of hydrogen-bond donors (Lipinski definition) is 3. The molecule has 4 aliphatic heterocycles. The van der Waals surface area contributed by atoms with Gasteiger partial charge in [-0.15, -0.1) is 0 Å². The van der Waals surface area contributed by atoms with Crippen LogP contribution in [0.3, 0.4) is 0 Å². The fourth-order valence-electron chi connectivity index (χ4n) is 7.15. The molecule has 5 N–H and O–H groups in total. The molecule has 2 fully saturated rings. The Hall–Kier alpha value is -4.29. The average molecular weight is 707 g/mol. The van der Waals surface area contributed by atoms with E-state index in [1.807, 2.05) is 31.3 Å². The van der Waals surface area contributed by atoms with E-state index in [-0.39, 0.29) is 12.1 Å². The van der Waals surface area contributed by atoms with E-state index in [0.29, 0.717) is 18.1 Å². The van der Waals surface area contributed by atoms with Crippen LogP contribution in [-0.4, -0.2) is 80.3 Å². The lowest BCUT2D eigenvalue weighted by Crippen LogP contribution is -2.53. The van der Waals surface area contributed by atoms with Crippen molar-refractivity contribution in [1.29, 1.82) is 0 Å². The Morgan fingerprint density at radius 1 is 0.745 bits per heavy atom. The number of aromatic nitrogens is 4. The zero-order valence-corrected chi connectivity index (χ0v) is 30.7. The second-order valence-corrected chi connectivity index (χ2v) is 15.1. The molecule has 2 aromatic carbocycles. The summed E-state index contributed by atoms with van der Waals surface area (Å²) in [6.45, 7) is 13.0. The van der Waals surface area contributed by atoms with Gasteiger partial charge >= 0.3 is 0 Å². The van der Waals surface area contributed by atoms with Crippen LogP contribution in [-0.2, 0) is 13.1 Å². The average Bonchev–Trinajstić information content (AvgIpc) is 3.74. The highest BCUT2D eigenvalue weighted by atomic mass is 35.5. The van der Waals surface area contributed by atoms with E-state index in [0.717, 1.165) is 114 Å². The molecule has 4 aliphatic rings. The third kappa shape index (κ3) is 7.13. The number of hydrogen-bond acceptors (Lipinski definition) is 11. The summed E-state index contributed by atoms with van der Waals surface area (Å²) in [4.78, 5) is 32.9. The largest absolute Gasteiger partial charge is 0.394 e. The SMILES string of the molecule is Cc1cccc(C2=NCc3nc(N4CCC(C)(N)CC4)cnc32)c1C.Cc1cccc(Cl)c1C1=NCc2nc(N3CCC(N)(CO)CC3)cnc21. The van der Waals surface area contributed by atoms with Gasteiger partial charge in [-0.2, -0.15) is 0 Å². The van der Waals surface area contributed by atoms with Crippen molar-refractivity contribution >= 4 is 34.7 Å². The summed E-state index contributed by atoms with van der Waals surface area (Å²) in [5.74, 6) is 1.79. The van der Waals surface area contributed by atoms with Crippen LogP contribution in [0.15, 0.2) is 58.8 Å². The van der Waals surface area contributed by atoms with Gasteiger partial charge in [0.05, 0.1) is 59.9 Å². The van der Waals surface area contributed by atoms with Crippen molar-refractivity contribution in [3.05, 3.63) is 104 Å². The van der Waals surface area contributed by atoms with Crippen molar-refractivity contribution < 1.29 is 5.11 Å². The summed E-state index contributed by atoms with van der Waals surface area (Å²) in [7, 11) is 0. The Balaban J connectivity index is 0.000000159. The predicted molar refractivity (Wildman–Crippen MR) is 204 cm³/mol. The van der Waals surface area contributed by atoms with Crippen LogP contribution in [0, 0.1) is 20.8 Å². The molecule has 0 spiro atoms. The van der Waals surface area contributed by atoms with Crippen LogP contribution in [0.25, 0.3) is 0 Å². The van der Waals surface area contributed by atoms with Crippen molar-refractivity contribution in [2.24, 2.45) is 21.5 Å². The van der Waals surface area contributed by atoms with Gasteiger partial charge in [0.2, 0.25) is 0 Å². The second-order valence-electron chi connectivity index (χ2n) is 14.7. The van der Waals surface area contributed by atoms with E-state index in [4.69, 9.17) is 43.0 Å². The molecule has 4 aromatic rings. The first-order valence-electron chi connectivity index (χ1n) is 17.8. The number of aliphatic imine (C=N–C) groups is 2. The van der Waals surface area contributed by atoms with E-state index >= 15 is 0 Å². The van der Waals surface area contributed by atoms with E-state index in [2.05, 4.69) is 58.7 Å². The first-order chi connectivity index (χ1) is 24.4. The van der Waals surface area contributed by atoms with Crippen LogP contribution in [0.4, 0.5) is 11.6 Å². The second kappa shape index (κ2) is 14.0. The lowest BCUT2D eigenvalue weighted by Gasteiger charge is -2.38. The quantitative estimate of drug-likeness (QED) is 0.264. The van der Waals surface area contributed by atoms with Crippen molar-refractivity contribution in [2.45, 2.75) is 77.5 Å². The van der Waals surface area contributed by atoms with Gasteiger partial charge in [0.1, 0.15) is 23.0 Å². The molecule has 0 saturated carbocycles. The third-order valence-electron chi connectivity index (χ3n) is 10.8. The normalized spacial score (nSPS) is 18.7. The monoisotopic (exact) mass is 706 g/mol. The van der Waals surface area contributed by atoms with E-state index in [1.54, 1.807) is 6.20 Å². The maximum atomic E-state index is 9.42. The number of nitrogens with zero attached hydrogens (tertiary/aromatic N) is 8. The molecule has 266 valence electrons. The molecule has 0 aliphatic carbocycles. The number of nitrogens with two attached hydrogens (primary N) is 2. The van der Waals surface area contributed by atoms with Gasteiger partial charge in [-0.3, -0.25) is 9.98 Å².